The van der Waals surface area contributed by atoms with Crippen molar-refractivity contribution in [2.75, 3.05) is 6.61 Å². The second-order valence-corrected chi connectivity index (χ2v) is 4.52. The van der Waals surface area contributed by atoms with Gasteiger partial charge in [-0.1, -0.05) is 45.2 Å². The Morgan fingerprint density at radius 1 is 1.47 bits per heavy atom. The lowest BCUT2D eigenvalue weighted by Crippen LogP contribution is -2.10. The Kier molecular flexibility index (Phi) is 4.90. The largest absolute Gasteiger partial charge is 0.465 e. The smallest absolute Gasteiger partial charge is 0.324 e. The number of hydrogen-bond acceptors (Lipinski definition) is 2. The van der Waals surface area contributed by atoms with Crippen LogP contribution in [-0.2, 0) is 9.53 Å². The first-order chi connectivity index (χ1) is 7.06. The van der Waals surface area contributed by atoms with E-state index in [1.54, 1.807) is 25.1 Å². The predicted molar refractivity (Wildman–Crippen MR) is 64.8 cm³/mol. The third kappa shape index (κ3) is 3.37. The summed E-state index contributed by atoms with van der Waals surface area (Å²) in [5, 5.41) is 0.881. The molecule has 0 saturated carbocycles. The van der Waals surface area contributed by atoms with Crippen LogP contribution in [0.1, 0.15) is 17.3 Å². The first-order valence-electron chi connectivity index (χ1n) is 4.32. The summed E-state index contributed by atoms with van der Waals surface area (Å²) in [4.78, 5) is 10.9. The highest BCUT2D eigenvalue weighted by Crippen LogP contribution is 2.30. The third-order valence-electron chi connectivity index (χ3n) is 1.73. The van der Waals surface area contributed by atoms with Crippen molar-refractivity contribution in [2.24, 2.45) is 0 Å². The fourth-order valence-electron chi connectivity index (χ4n) is 1.02. The van der Waals surface area contributed by atoms with E-state index in [4.69, 9.17) is 27.9 Å². The molecule has 0 aliphatic heterocycles. The summed E-state index contributed by atoms with van der Waals surface area (Å²) < 4.78 is 4.87. The lowest BCUT2D eigenvalue weighted by Gasteiger charge is -2.09. The molecule has 1 aromatic carbocycles. The van der Waals surface area contributed by atoms with Gasteiger partial charge in [0.1, 0.15) is 4.83 Å². The Hall–Kier alpha value is -0.250. The van der Waals surface area contributed by atoms with E-state index < -0.39 is 4.83 Å². The molecule has 5 heteroatoms. The molecule has 15 heavy (non-hydrogen) atoms. The Balaban J connectivity index is 2.86. The fraction of sp³-hybridized carbons (Fsp3) is 0.300. The lowest BCUT2D eigenvalue weighted by atomic mass is 10.1. The van der Waals surface area contributed by atoms with Crippen LogP contribution in [0.5, 0.6) is 0 Å². The molecule has 0 fully saturated rings. The number of alkyl halides is 1. The average molecular weight is 312 g/mol. The minimum Gasteiger partial charge on any atom is -0.465 e. The maximum absolute atomic E-state index is 11.4. The summed E-state index contributed by atoms with van der Waals surface area (Å²) in [6, 6.07) is 5.01. The van der Waals surface area contributed by atoms with Crippen LogP contribution in [0.25, 0.3) is 0 Å². The molecule has 1 aromatic rings. The highest BCUT2D eigenvalue weighted by Gasteiger charge is 2.18. The molecule has 0 aliphatic rings. The van der Waals surface area contributed by atoms with Crippen molar-refractivity contribution >= 4 is 45.1 Å². The highest BCUT2D eigenvalue weighted by atomic mass is 79.9. The van der Waals surface area contributed by atoms with Gasteiger partial charge in [-0.2, -0.15) is 0 Å². The molecule has 2 nitrogen and oxygen atoms in total. The minimum atomic E-state index is -0.507. The quantitative estimate of drug-likeness (QED) is 0.623. The van der Waals surface area contributed by atoms with Gasteiger partial charge in [-0.25, -0.2) is 0 Å². The van der Waals surface area contributed by atoms with Crippen LogP contribution < -0.4 is 0 Å². The van der Waals surface area contributed by atoms with Gasteiger partial charge in [0.15, 0.2) is 0 Å². The van der Waals surface area contributed by atoms with Crippen LogP contribution in [0.15, 0.2) is 18.2 Å². The first-order valence-corrected chi connectivity index (χ1v) is 5.99. The van der Waals surface area contributed by atoms with Crippen molar-refractivity contribution in [1.82, 2.24) is 0 Å². The number of rotatable bonds is 3. The maximum atomic E-state index is 11.4. The zero-order valence-corrected chi connectivity index (χ0v) is 11.1. The number of esters is 1. The molecule has 82 valence electrons. The van der Waals surface area contributed by atoms with E-state index in [-0.39, 0.29) is 5.97 Å². The molecule has 0 spiro atoms. The monoisotopic (exact) mass is 310 g/mol. The number of carbonyl (C=O) groups is 1. The Morgan fingerprint density at radius 2 is 2.13 bits per heavy atom. The number of hydrogen-bond donors (Lipinski definition) is 0. The number of ether oxygens (including phenoxy) is 1. The average Bonchev–Trinajstić information content (AvgIpc) is 2.21. The summed E-state index contributed by atoms with van der Waals surface area (Å²) in [6.07, 6.45) is 0. The van der Waals surface area contributed by atoms with E-state index in [0.717, 1.165) is 5.56 Å². The van der Waals surface area contributed by atoms with Crippen LogP contribution in [0, 0.1) is 0 Å². The zero-order chi connectivity index (χ0) is 11.4. The van der Waals surface area contributed by atoms with E-state index in [1.165, 1.54) is 0 Å². The van der Waals surface area contributed by atoms with Crippen LogP contribution in [0.4, 0.5) is 0 Å². The molecule has 0 saturated heterocycles. The second-order valence-electron chi connectivity index (χ2n) is 2.79. The van der Waals surface area contributed by atoms with Gasteiger partial charge in [0.25, 0.3) is 0 Å². The Morgan fingerprint density at radius 3 is 2.67 bits per heavy atom. The summed E-state index contributed by atoms with van der Waals surface area (Å²) in [7, 11) is 0. The third-order valence-corrected chi connectivity index (χ3v) is 3.37. The second kappa shape index (κ2) is 5.73. The highest BCUT2D eigenvalue weighted by molar-refractivity contribution is 9.09. The standard InChI is InChI=1S/C10H9BrCl2O2/c1-2-15-10(14)9(11)6-3-4-7(12)8(13)5-6/h3-5,9H,2H2,1H3/t9-/m0/s1. The van der Waals surface area contributed by atoms with Crippen LogP contribution in [0.2, 0.25) is 10.0 Å². The molecule has 0 amide bonds. The Bertz CT molecular complexity index is 368. The first kappa shape index (κ1) is 12.8. The van der Waals surface area contributed by atoms with Gasteiger partial charge in [0, 0.05) is 0 Å². The number of carbonyl (C=O) groups excluding carboxylic acids is 1. The molecule has 1 atom stereocenters. The van der Waals surface area contributed by atoms with Crippen molar-refractivity contribution in [3.8, 4) is 0 Å². The molecule has 0 N–H and O–H groups in total. The van der Waals surface area contributed by atoms with E-state index in [9.17, 15) is 4.79 Å². The fourth-order valence-corrected chi connectivity index (χ4v) is 1.75. The Labute approximate surface area is 107 Å². The van der Waals surface area contributed by atoms with Crippen molar-refractivity contribution in [1.29, 1.82) is 0 Å². The molecule has 0 bridgehead atoms. The van der Waals surface area contributed by atoms with E-state index in [1.807, 2.05) is 0 Å². The molecule has 0 aliphatic carbocycles. The molecule has 0 unspecified atom stereocenters. The SMILES string of the molecule is CCOC(=O)[C@@H](Br)c1ccc(Cl)c(Cl)c1. The molecule has 0 radical (unpaired) electrons. The van der Waals surface area contributed by atoms with Crippen molar-refractivity contribution in [3.63, 3.8) is 0 Å². The minimum absolute atomic E-state index is 0.337. The zero-order valence-electron chi connectivity index (χ0n) is 7.97. The molecule has 0 heterocycles. The number of benzene rings is 1. The summed E-state index contributed by atoms with van der Waals surface area (Å²) in [6.45, 7) is 2.11. The molecular formula is C10H9BrCl2O2. The molecular weight excluding hydrogens is 303 g/mol. The van der Waals surface area contributed by atoms with Crippen molar-refractivity contribution < 1.29 is 9.53 Å². The van der Waals surface area contributed by atoms with E-state index >= 15 is 0 Å². The summed E-state index contributed by atoms with van der Waals surface area (Å²) >= 11 is 14.8. The molecule has 0 aromatic heterocycles. The van der Waals surface area contributed by atoms with Gasteiger partial charge in [0.05, 0.1) is 16.7 Å². The predicted octanol–water partition coefficient (Wildman–Crippen LogP) is 3.99. The normalized spacial score (nSPS) is 12.3. The lowest BCUT2D eigenvalue weighted by molar-refractivity contribution is -0.142. The van der Waals surface area contributed by atoms with Crippen molar-refractivity contribution in [2.45, 2.75) is 11.8 Å². The number of halogens is 3. The van der Waals surface area contributed by atoms with Crippen molar-refractivity contribution in [3.05, 3.63) is 33.8 Å². The summed E-state index contributed by atoms with van der Waals surface area (Å²) in [5.74, 6) is -0.337. The van der Waals surface area contributed by atoms with Crippen LogP contribution in [0.3, 0.4) is 0 Å². The molecule has 1 rings (SSSR count). The summed E-state index contributed by atoms with van der Waals surface area (Å²) in [5.41, 5.74) is 0.725. The van der Waals surface area contributed by atoms with E-state index in [0.29, 0.717) is 16.7 Å². The van der Waals surface area contributed by atoms with Crippen LogP contribution in [-0.4, -0.2) is 12.6 Å². The van der Waals surface area contributed by atoms with Gasteiger partial charge in [-0.15, -0.1) is 0 Å². The van der Waals surface area contributed by atoms with Gasteiger partial charge in [0.2, 0.25) is 0 Å². The maximum Gasteiger partial charge on any atom is 0.324 e. The van der Waals surface area contributed by atoms with Gasteiger partial charge < -0.3 is 4.74 Å². The van der Waals surface area contributed by atoms with Gasteiger partial charge >= 0.3 is 5.97 Å². The van der Waals surface area contributed by atoms with Gasteiger partial charge in [-0.05, 0) is 24.6 Å². The van der Waals surface area contributed by atoms with E-state index in [2.05, 4.69) is 15.9 Å². The van der Waals surface area contributed by atoms with Gasteiger partial charge in [-0.3, -0.25) is 4.79 Å². The van der Waals surface area contributed by atoms with Crippen LogP contribution >= 0.6 is 39.1 Å². The topological polar surface area (TPSA) is 26.3 Å².